The van der Waals surface area contributed by atoms with Crippen LogP contribution in [0.25, 0.3) is 10.2 Å². The zero-order valence-electron chi connectivity index (χ0n) is 13.2. The SMILES string of the molecule is Cc1cc2sc(NC(=O)c3ccc(C(C)C)cc3)nc2cc1Cl. The monoisotopic (exact) mass is 344 g/mol. The lowest BCUT2D eigenvalue weighted by Gasteiger charge is -2.06. The summed E-state index contributed by atoms with van der Waals surface area (Å²) in [5.41, 5.74) is 3.65. The number of aromatic nitrogens is 1. The normalized spacial score (nSPS) is 11.2. The van der Waals surface area contributed by atoms with Crippen molar-refractivity contribution in [3.05, 3.63) is 58.1 Å². The molecule has 0 spiro atoms. The van der Waals surface area contributed by atoms with E-state index in [1.54, 1.807) is 0 Å². The summed E-state index contributed by atoms with van der Waals surface area (Å²) in [4.78, 5) is 16.8. The molecule has 0 unspecified atom stereocenters. The van der Waals surface area contributed by atoms with Crippen LogP contribution in [0.4, 0.5) is 5.13 Å². The third kappa shape index (κ3) is 3.38. The summed E-state index contributed by atoms with van der Waals surface area (Å²) in [5, 5.41) is 4.13. The van der Waals surface area contributed by atoms with E-state index in [0.29, 0.717) is 21.6 Å². The Bertz CT molecular complexity index is 830. The lowest BCUT2D eigenvalue weighted by molar-refractivity contribution is 0.102. The van der Waals surface area contributed by atoms with Gasteiger partial charge < -0.3 is 0 Å². The summed E-state index contributed by atoms with van der Waals surface area (Å²) in [5.74, 6) is 0.298. The van der Waals surface area contributed by atoms with Gasteiger partial charge in [0.25, 0.3) is 5.91 Å². The van der Waals surface area contributed by atoms with Crippen LogP contribution in [-0.2, 0) is 0 Å². The van der Waals surface area contributed by atoms with E-state index in [2.05, 4.69) is 24.1 Å². The molecule has 0 radical (unpaired) electrons. The first-order valence-corrected chi connectivity index (χ1v) is 8.61. The first kappa shape index (κ1) is 16.0. The summed E-state index contributed by atoms with van der Waals surface area (Å²) in [6, 6.07) is 11.5. The van der Waals surface area contributed by atoms with E-state index in [0.717, 1.165) is 15.8 Å². The fourth-order valence-electron chi connectivity index (χ4n) is 2.29. The van der Waals surface area contributed by atoms with Crippen molar-refractivity contribution in [2.45, 2.75) is 26.7 Å². The number of hydrogen-bond acceptors (Lipinski definition) is 3. The van der Waals surface area contributed by atoms with Crippen molar-refractivity contribution in [3.63, 3.8) is 0 Å². The molecular weight excluding hydrogens is 328 g/mol. The smallest absolute Gasteiger partial charge is 0.257 e. The predicted molar refractivity (Wildman–Crippen MR) is 97.9 cm³/mol. The molecule has 0 aliphatic rings. The third-order valence-electron chi connectivity index (χ3n) is 3.73. The van der Waals surface area contributed by atoms with E-state index >= 15 is 0 Å². The highest BCUT2D eigenvalue weighted by molar-refractivity contribution is 7.22. The van der Waals surface area contributed by atoms with Crippen molar-refractivity contribution in [1.29, 1.82) is 0 Å². The molecule has 1 N–H and O–H groups in total. The van der Waals surface area contributed by atoms with Gasteiger partial charge in [-0.1, -0.05) is 48.9 Å². The number of thiazole rings is 1. The maximum absolute atomic E-state index is 12.3. The molecule has 5 heteroatoms. The largest absolute Gasteiger partial charge is 0.298 e. The highest BCUT2D eigenvalue weighted by Crippen LogP contribution is 2.30. The molecule has 118 valence electrons. The minimum Gasteiger partial charge on any atom is -0.298 e. The number of anilines is 1. The second-order valence-electron chi connectivity index (χ2n) is 5.82. The number of benzene rings is 2. The van der Waals surface area contributed by atoms with Crippen LogP contribution < -0.4 is 5.32 Å². The van der Waals surface area contributed by atoms with Crippen LogP contribution in [0.2, 0.25) is 5.02 Å². The number of fused-ring (bicyclic) bond motifs is 1. The Kier molecular flexibility index (Phi) is 4.37. The lowest BCUT2D eigenvalue weighted by Crippen LogP contribution is -2.11. The highest BCUT2D eigenvalue weighted by atomic mass is 35.5. The lowest BCUT2D eigenvalue weighted by atomic mass is 10.0. The average Bonchev–Trinajstić information content (AvgIpc) is 2.89. The Morgan fingerprint density at radius 3 is 2.57 bits per heavy atom. The molecule has 0 fully saturated rings. The van der Waals surface area contributed by atoms with Crippen molar-refractivity contribution in [2.24, 2.45) is 0 Å². The quantitative estimate of drug-likeness (QED) is 0.668. The maximum Gasteiger partial charge on any atom is 0.257 e. The fourth-order valence-corrected chi connectivity index (χ4v) is 3.39. The number of carbonyl (C=O) groups is 1. The second-order valence-corrected chi connectivity index (χ2v) is 7.26. The van der Waals surface area contributed by atoms with Gasteiger partial charge in [0.15, 0.2) is 5.13 Å². The molecule has 0 saturated heterocycles. The summed E-state index contributed by atoms with van der Waals surface area (Å²) in [7, 11) is 0. The average molecular weight is 345 g/mol. The standard InChI is InChI=1S/C18H17ClN2OS/c1-10(2)12-4-6-13(7-5-12)17(22)21-18-20-15-9-14(19)11(3)8-16(15)23-18/h4-10H,1-3H3,(H,20,21,22). The first-order chi connectivity index (χ1) is 10.9. The Balaban J connectivity index is 1.82. The minimum atomic E-state index is -0.151. The number of amides is 1. The number of aryl methyl sites for hydroxylation is 1. The molecule has 0 atom stereocenters. The van der Waals surface area contributed by atoms with Gasteiger partial charge in [-0.25, -0.2) is 4.98 Å². The molecule has 0 aliphatic carbocycles. The second kappa shape index (κ2) is 6.30. The van der Waals surface area contributed by atoms with E-state index in [1.807, 2.05) is 43.3 Å². The van der Waals surface area contributed by atoms with E-state index in [9.17, 15) is 4.79 Å². The van der Waals surface area contributed by atoms with Crippen LogP contribution in [0.3, 0.4) is 0 Å². The molecule has 1 aromatic heterocycles. The Labute approximate surface area is 144 Å². The number of carbonyl (C=O) groups excluding carboxylic acids is 1. The molecule has 1 heterocycles. The molecule has 0 saturated carbocycles. The van der Waals surface area contributed by atoms with Crippen molar-refractivity contribution < 1.29 is 4.79 Å². The van der Waals surface area contributed by atoms with Crippen LogP contribution >= 0.6 is 22.9 Å². The van der Waals surface area contributed by atoms with Gasteiger partial charge in [-0.05, 0) is 48.2 Å². The minimum absolute atomic E-state index is 0.151. The van der Waals surface area contributed by atoms with E-state index in [-0.39, 0.29) is 5.91 Å². The van der Waals surface area contributed by atoms with Gasteiger partial charge in [0.05, 0.1) is 10.2 Å². The summed E-state index contributed by atoms with van der Waals surface area (Å²) in [6.07, 6.45) is 0. The molecule has 1 amide bonds. The maximum atomic E-state index is 12.3. The summed E-state index contributed by atoms with van der Waals surface area (Å²) in [6.45, 7) is 6.21. The number of nitrogens with zero attached hydrogens (tertiary/aromatic N) is 1. The van der Waals surface area contributed by atoms with Crippen molar-refractivity contribution in [3.8, 4) is 0 Å². The van der Waals surface area contributed by atoms with Crippen LogP contribution in [0.1, 0.15) is 41.3 Å². The van der Waals surface area contributed by atoms with Crippen molar-refractivity contribution in [1.82, 2.24) is 4.98 Å². The van der Waals surface area contributed by atoms with Gasteiger partial charge in [0, 0.05) is 10.6 Å². The molecule has 0 bridgehead atoms. The van der Waals surface area contributed by atoms with Crippen molar-refractivity contribution >= 4 is 44.2 Å². The van der Waals surface area contributed by atoms with Gasteiger partial charge in [-0.3, -0.25) is 10.1 Å². The molecule has 23 heavy (non-hydrogen) atoms. The zero-order valence-corrected chi connectivity index (χ0v) is 14.8. The number of rotatable bonds is 3. The first-order valence-electron chi connectivity index (χ1n) is 7.42. The Hall–Kier alpha value is -1.91. The van der Waals surface area contributed by atoms with Crippen LogP contribution in [0.15, 0.2) is 36.4 Å². The number of hydrogen-bond donors (Lipinski definition) is 1. The molecule has 2 aromatic carbocycles. The molecule has 0 aliphatic heterocycles. The topological polar surface area (TPSA) is 42.0 Å². The predicted octanol–water partition coefficient (Wildman–Crippen LogP) is 5.63. The number of nitrogens with one attached hydrogen (secondary N) is 1. The van der Waals surface area contributed by atoms with Crippen LogP contribution in [0, 0.1) is 6.92 Å². The van der Waals surface area contributed by atoms with Gasteiger partial charge >= 0.3 is 0 Å². The van der Waals surface area contributed by atoms with E-state index in [4.69, 9.17) is 11.6 Å². The molecule has 3 nitrogen and oxygen atoms in total. The molecular formula is C18H17ClN2OS. The number of halogens is 1. The van der Waals surface area contributed by atoms with Gasteiger partial charge in [0.2, 0.25) is 0 Å². The zero-order chi connectivity index (χ0) is 16.6. The highest BCUT2D eigenvalue weighted by Gasteiger charge is 2.11. The Morgan fingerprint density at radius 1 is 1.22 bits per heavy atom. The van der Waals surface area contributed by atoms with E-state index in [1.165, 1.54) is 16.9 Å². The fraction of sp³-hybridized carbons (Fsp3) is 0.222. The van der Waals surface area contributed by atoms with Crippen LogP contribution in [-0.4, -0.2) is 10.9 Å². The van der Waals surface area contributed by atoms with Gasteiger partial charge in [-0.15, -0.1) is 0 Å². The molecule has 3 aromatic rings. The van der Waals surface area contributed by atoms with E-state index < -0.39 is 0 Å². The Morgan fingerprint density at radius 2 is 1.91 bits per heavy atom. The summed E-state index contributed by atoms with van der Waals surface area (Å²) >= 11 is 7.57. The van der Waals surface area contributed by atoms with Gasteiger partial charge in [0.1, 0.15) is 0 Å². The third-order valence-corrected chi connectivity index (χ3v) is 5.07. The van der Waals surface area contributed by atoms with Crippen molar-refractivity contribution in [2.75, 3.05) is 5.32 Å². The summed E-state index contributed by atoms with van der Waals surface area (Å²) < 4.78 is 1.01. The molecule has 3 rings (SSSR count). The van der Waals surface area contributed by atoms with Crippen LogP contribution in [0.5, 0.6) is 0 Å². The van der Waals surface area contributed by atoms with Gasteiger partial charge in [-0.2, -0.15) is 0 Å².